The van der Waals surface area contributed by atoms with Gasteiger partial charge in [-0.1, -0.05) is 18.2 Å². The molecule has 0 aliphatic heterocycles. The summed E-state index contributed by atoms with van der Waals surface area (Å²) in [6, 6.07) is 14.7. The first-order valence-corrected chi connectivity index (χ1v) is 6.55. The molecule has 0 radical (unpaired) electrons. The number of carboxylic acid groups (broad SMARTS) is 1. The van der Waals surface area contributed by atoms with Gasteiger partial charge in [-0.2, -0.15) is 5.26 Å². The molecule has 4 nitrogen and oxygen atoms in total. The van der Waals surface area contributed by atoms with Gasteiger partial charge < -0.3 is 10.0 Å². The molecule has 2 aromatic rings. The Balaban J connectivity index is 2.22. The molecule has 0 bridgehead atoms. The zero-order chi connectivity index (χ0) is 15.4. The average Bonchev–Trinajstić information content (AvgIpc) is 2.47. The van der Waals surface area contributed by atoms with E-state index in [1.807, 2.05) is 37.1 Å². The van der Waals surface area contributed by atoms with Crippen molar-refractivity contribution in [3.05, 3.63) is 64.7 Å². The number of hydrogen-bond donors (Lipinski definition) is 1. The Kier molecular flexibility index (Phi) is 4.24. The largest absolute Gasteiger partial charge is 0.478 e. The van der Waals surface area contributed by atoms with Crippen LogP contribution in [0.15, 0.2) is 42.5 Å². The summed E-state index contributed by atoms with van der Waals surface area (Å²) in [5.41, 5.74) is 3.87. The lowest BCUT2D eigenvalue weighted by Crippen LogP contribution is -2.17. The van der Waals surface area contributed by atoms with E-state index in [2.05, 4.69) is 6.07 Å². The van der Waals surface area contributed by atoms with Crippen molar-refractivity contribution in [3.8, 4) is 6.07 Å². The number of nitrogens with zero attached hydrogens (tertiary/aromatic N) is 2. The van der Waals surface area contributed by atoms with Gasteiger partial charge in [0.05, 0.1) is 16.8 Å². The summed E-state index contributed by atoms with van der Waals surface area (Å²) >= 11 is 0. The van der Waals surface area contributed by atoms with Crippen LogP contribution in [0.4, 0.5) is 5.69 Å². The molecule has 106 valence electrons. The molecular formula is C17H16N2O2. The van der Waals surface area contributed by atoms with Crippen molar-refractivity contribution in [3.63, 3.8) is 0 Å². The minimum absolute atomic E-state index is 0.273. The molecule has 0 fully saturated rings. The third-order valence-corrected chi connectivity index (χ3v) is 3.31. The summed E-state index contributed by atoms with van der Waals surface area (Å²) in [4.78, 5) is 12.8. The standard InChI is InChI=1S/C17H16N2O2/c1-12-3-6-15(10-18)16(9-12)19(2)11-13-4-7-14(8-5-13)17(20)21/h3-9H,11H2,1-2H3,(H,20,21). The molecule has 0 aliphatic rings. The second-order valence-electron chi connectivity index (χ2n) is 4.99. The summed E-state index contributed by atoms with van der Waals surface area (Å²) < 4.78 is 0. The summed E-state index contributed by atoms with van der Waals surface area (Å²) in [6.07, 6.45) is 0. The van der Waals surface area contributed by atoms with Gasteiger partial charge in [0.2, 0.25) is 0 Å². The van der Waals surface area contributed by atoms with E-state index in [9.17, 15) is 10.1 Å². The van der Waals surface area contributed by atoms with Crippen LogP contribution in [0.25, 0.3) is 0 Å². The Bertz CT molecular complexity index is 700. The minimum atomic E-state index is -0.930. The van der Waals surface area contributed by atoms with Crippen LogP contribution in [0.2, 0.25) is 0 Å². The van der Waals surface area contributed by atoms with E-state index in [-0.39, 0.29) is 5.56 Å². The first-order valence-electron chi connectivity index (χ1n) is 6.55. The van der Waals surface area contributed by atoms with Crippen LogP contribution >= 0.6 is 0 Å². The number of nitriles is 1. The van der Waals surface area contributed by atoms with Gasteiger partial charge in [0, 0.05) is 13.6 Å². The summed E-state index contributed by atoms with van der Waals surface area (Å²) in [5, 5.41) is 18.1. The van der Waals surface area contributed by atoms with E-state index in [1.54, 1.807) is 24.3 Å². The number of carboxylic acids is 1. The van der Waals surface area contributed by atoms with Crippen molar-refractivity contribution < 1.29 is 9.90 Å². The molecule has 0 unspecified atom stereocenters. The number of rotatable bonds is 4. The van der Waals surface area contributed by atoms with Crippen LogP contribution in [-0.4, -0.2) is 18.1 Å². The summed E-state index contributed by atoms with van der Waals surface area (Å²) in [5.74, 6) is -0.930. The number of benzene rings is 2. The lowest BCUT2D eigenvalue weighted by atomic mass is 10.1. The number of aromatic carboxylic acids is 1. The van der Waals surface area contributed by atoms with Crippen molar-refractivity contribution in [1.82, 2.24) is 0 Å². The zero-order valence-electron chi connectivity index (χ0n) is 12.0. The molecule has 2 aromatic carbocycles. The molecule has 0 spiro atoms. The maximum atomic E-state index is 10.8. The Labute approximate surface area is 123 Å². The monoisotopic (exact) mass is 280 g/mol. The number of anilines is 1. The Morgan fingerprint density at radius 1 is 1.24 bits per heavy atom. The Hall–Kier alpha value is -2.80. The van der Waals surface area contributed by atoms with E-state index in [1.165, 1.54) is 0 Å². The molecular weight excluding hydrogens is 264 g/mol. The number of aryl methyl sites for hydroxylation is 1. The first kappa shape index (κ1) is 14.6. The van der Waals surface area contributed by atoms with E-state index in [0.29, 0.717) is 12.1 Å². The zero-order valence-corrected chi connectivity index (χ0v) is 12.0. The number of carbonyl (C=O) groups is 1. The third kappa shape index (κ3) is 3.40. The fourth-order valence-corrected chi connectivity index (χ4v) is 2.16. The molecule has 0 amide bonds. The van der Waals surface area contributed by atoms with Crippen LogP contribution in [0, 0.1) is 18.3 Å². The van der Waals surface area contributed by atoms with Crippen LogP contribution in [-0.2, 0) is 6.54 Å². The van der Waals surface area contributed by atoms with Gasteiger partial charge in [0.25, 0.3) is 0 Å². The predicted molar refractivity (Wildman–Crippen MR) is 81.4 cm³/mol. The molecule has 0 atom stereocenters. The predicted octanol–water partition coefficient (Wildman–Crippen LogP) is 3.20. The highest BCUT2D eigenvalue weighted by molar-refractivity contribution is 5.87. The Morgan fingerprint density at radius 2 is 1.90 bits per heavy atom. The van der Waals surface area contributed by atoms with Crippen molar-refractivity contribution in [1.29, 1.82) is 5.26 Å². The van der Waals surface area contributed by atoms with Crippen LogP contribution in [0.5, 0.6) is 0 Å². The highest BCUT2D eigenvalue weighted by Gasteiger charge is 2.09. The lowest BCUT2D eigenvalue weighted by molar-refractivity contribution is 0.0697. The molecule has 0 saturated carbocycles. The molecule has 0 heterocycles. The SMILES string of the molecule is Cc1ccc(C#N)c(N(C)Cc2ccc(C(=O)O)cc2)c1. The lowest BCUT2D eigenvalue weighted by Gasteiger charge is -2.21. The van der Waals surface area contributed by atoms with Crippen molar-refractivity contribution >= 4 is 11.7 Å². The topological polar surface area (TPSA) is 64.3 Å². The van der Waals surface area contributed by atoms with Crippen molar-refractivity contribution in [2.75, 3.05) is 11.9 Å². The molecule has 1 N–H and O–H groups in total. The Morgan fingerprint density at radius 3 is 2.48 bits per heavy atom. The smallest absolute Gasteiger partial charge is 0.335 e. The summed E-state index contributed by atoms with van der Waals surface area (Å²) in [7, 11) is 1.92. The van der Waals surface area contributed by atoms with Crippen molar-refractivity contribution in [2.24, 2.45) is 0 Å². The van der Waals surface area contributed by atoms with E-state index in [4.69, 9.17) is 5.11 Å². The second-order valence-corrected chi connectivity index (χ2v) is 4.99. The normalized spacial score (nSPS) is 9.95. The van der Waals surface area contributed by atoms with Crippen LogP contribution in [0.3, 0.4) is 0 Å². The molecule has 0 saturated heterocycles. The quantitative estimate of drug-likeness (QED) is 0.934. The molecule has 21 heavy (non-hydrogen) atoms. The van der Waals surface area contributed by atoms with Gasteiger partial charge in [0.15, 0.2) is 0 Å². The second kappa shape index (κ2) is 6.10. The van der Waals surface area contributed by atoms with Gasteiger partial charge in [-0.25, -0.2) is 4.79 Å². The van der Waals surface area contributed by atoms with Gasteiger partial charge in [-0.3, -0.25) is 0 Å². The van der Waals surface area contributed by atoms with Gasteiger partial charge >= 0.3 is 5.97 Å². The maximum absolute atomic E-state index is 10.8. The van der Waals surface area contributed by atoms with Gasteiger partial charge in [0.1, 0.15) is 6.07 Å². The van der Waals surface area contributed by atoms with Crippen LogP contribution in [0.1, 0.15) is 27.0 Å². The highest BCUT2D eigenvalue weighted by atomic mass is 16.4. The first-order chi connectivity index (χ1) is 10.0. The fraction of sp³-hybridized carbons (Fsp3) is 0.176. The van der Waals surface area contributed by atoms with Gasteiger partial charge in [-0.15, -0.1) is 0 Å². The minimum Gasteiger partial charge on any atom is -0.478 e. The highest BCUT2D eigenvalue weighted by Crippen LogP contribution is 2.22. The van der Waals surface area contributed by atoms with Crippen LogP contribution < -0.4 is 4.90 Å². The molecule has 2 rings (SSSR count). The van der Waals surface area contributed by atoms with E-state index >= 15 is 0 Å². The molecule has 0 aliphatic carbocycles. The number of hydrogen-bond acceptors (Lipinski definition) is 3. The van der Waals surface area contributed by atoms with Crippen molar-refractivity contribution in [2.45, 2.75) is 13.5 Å². The maximum Gasteiger partial charge on any atom is 0.335 e. The third-order valence-electron chi connectivity index (χ3n) is 3.31. The van der Waals surface area contributed by atoms with Gasteiger partial charge in [-0.05, 0) is 42.3 Å². The summed E-state index contributed by atoms with van der Waals surface area (Å²) in [6.45, 7) is 2.60. The van der Waals surface area contributed by atoms with E-state index < -0.39 is 5.97 Å². The van der Waals surface area contributed by atoms with E-state index in [0.717, 1.165) is 16.8 Å². The fourth-order valence-electron chi connectivity index (χ4n) is 2.16. The molecule has 4 heteroatoms. The molecule has 0 aromatic heterocycles. The average molecular weight is 280 g/mol.